The first-order valence-corrected chi connectivity index (χ1v) is 17.7. The van der Waals surface area contributed by atoms with Crippen LogP contribution in [0, 0.1) is 0 Å². The van der Waals surface area contributed by atoms with Crippen molar-refractivity contribution in [1.29, 1.82) is 0 Å². The van der Waals surface area contributed by atoms with Crippen LogP contribution in [-0.4, -0.2) is 55.3 Å². The Morgan fingerprint density at radius 1 is 0.514 bits per heavy atom. The van der Waals surface area contributed by atoms with Gasteiger partial charge in [-0.2, -0.15) is 0 Å². The number of nitrogens with one attached hydrogen (secondary N) is 2. The molecule has 0 atom stereocenters. The standard InChI is InChI=1S/C20H14N4.4CHO2.Hf/c1-2-14-10-16-5-6-18(23-16)12-20-8-7-19(24-20)11-17-4-3-15(22-17)9-13(1)21-14;4*2-1-3;/h1-12,21,24H;4*(H,2,3);. The third-order valence-corrected chi connectivity index (χ3v) is 14.5. The number of nitrogens with zero attached hydrogens (tertiary/aromatic N) is 2. The van der Waals surface area contributed by atoms with E-state index in [2.05, 4.69) is 44.2 Å². The van der Waals surface area contributed by atoms with Gasteiger partial charge in [-0.25, -0.2) is 9.97 Å². The molecule has 186 valence electrons. The molecule has 0 unspecified atom stereocenters. The molecule has 0 radical (unpaired) electrons. The molecule has 0 saturated carbocycles. The number of aromatic nitrogens is 4. The third-order valence-electron chi connectivity index (χ3n) is 5.33. The first kappa shape index (κ1) is 25.4. The van der Waals surface area contributed by atoms with E-state index < -0.39 is 34.9 Å². The Morgan fingerprint density at radius 2 is 0.757 bits per heavy atom. The summed E-state index contributed by atoms with van der Waals surface area (Å²) in [5.41, 5.74) is 7.86. The van der Waals surface area contributed by atoms with Gasteiger partial charge in [0.1, 0.15) is 0 Å². The van der Waals surface area contributed by atoms with Crippen LogP contribution in [0.15, 0.2) is 48.5 Å². The Morgan fingerprint density at radius 3 is 0.946 bits per heavy atom. The normalized spacial score (nSPS) is 11.9. The number of hydrogen-bond donors (Lipinski definition) is 6. The van der Waals surface area contributed by atoms with E-state index in [0.29, 0.717) is 0 Å². The molecule has 0 amide bonds. The van der Waals surface area contributed by atoms with Crippen LogP contribution >= 0.6 is 0 Å². The Bertz CT molecular complexity index is 1430. The van der Waals surface area contributed by atoms with Gasteiger partial charge in [-0.1, -0.05) is 0 Å². The molecule has 5 heterocycles. The SMILES string of the molecule is C1=Cc2cc3ccc(cc4nc(cc5ccc(cc1n2)[nH]5)C=C4)[nH]3.O=[C](O)[Hf]([C](=O)O)([C](=O)O)[C](=O)O. The molecular weight excluding hydrogens is 651 g/mol. The number of hydrogen-bond acceptors (Lipinski definition) is 6. The van der Waals surface area contributed by atoms with Crippen molar-refractivity contribution in [3.8, 4) is 0 Å². The Labute approximate surface area is 211 Å². The predicted molar refractivity (Wildman–Crippen MR) is 131 cm³/mol. The summed E-state index contributed by atoms with van der Waals surface area (Å²) < 4.78 is -8.94. The fraction of sp³-hybridized carbons (Fsp3) is 0. The quantitative estimate of drug-likeness (QED) is 0.132. The summed E-state index contributed by atoms with van der Waals surface area (Å²) >= 11 is -6.40. The van der Waals surface area contributed by atoms with Crippen molar-refractivity contribution in [2.75, 3.05) is 0 Å². The Hall–Kier alpha value is -4.65. The monoisotopic (exact) mass is 670 g/mol. The van der Waals surface area contributed by atoms with Crippen LogP contribution in [-0.2, 0) is 20.0 Å². The fourth-order valence-electron chi connectivity index (χ4n) is 3.49. The number of carbonyl (C=O) groups is 4. The van der Waals surface area contributed by atoms with E-state index in [-0.39, 0.29) is 0 Å². The van der Waals surface area contributed by atoms with Gasteiger partial charge in [0.05, 0.1) is 22.8 Å². The predicted octanol–water partition coefficient (Wildman–Crippen LogP) is 5.51. The Kier molecular flexibility index (Phi) is 6.98. The summed E-state index contributed by atoms with van der Waals surface area (Å²) in [4.78, 5) is 57.2. The minimum absolute atomic E-state index is 0.939. The van der Waals surface area contributed by atoms with Gasteiger partial charge in [0.2, 0.25) is 0 Å². The number of rotatable bonds is 4. The van der Waals surface area contributed by atoms with Gasteiger partial charge < -0.3 is 9.97 Å². The van der Waals surface area contributed by atoms with E-state index in [9.17, 15) is 19.2 Å². The van der Waals surface area contributed by atoms with Crippen molar-refractivity contribution >= 4 is 61.3 Å². The number of aromatic amines is 2. The van der Waals surface area contributed by atoms with E-state index in [4.69, 9.17) is 20.4 Å². The molecule has 2 aliphatic heterocycles. The van der Waals surface area contributed by atoms with Gasteiger partial charge in [0.25, 0.3) is 0 Å². The Balaban J connectivity index is 0.000000212. The topological polar surface area (TPSA) is 207 Å². The molecule has 0 fully saturated rings. The summed E-state index contributed by atoms with van der Waals surface area (Å²) in [6, 6.07) is 16.4. The number of carboxylic acid groups (broad SMARTS) is 4. The van der Waals surface area contributed by atoms with Crippen molar-refractivity contribution in [3.05, 3.63) is 71.3 Å². The minimum atomic E-state index is -6.40. The zero-order valence-electron chi connectivity index (χ0n) is 18.7. The molecule has 0 saturated heterocycles. The summed E-state index contributed by atoms with van der Waals surface area (Å²) in [6.45, 7) is 0. The summed E-state index contributed by atoms with van der Waals surface area (Å²) in [7, 11) is 0. The molecule has 13 heteroatoms. The summed E-state index contributed by atoms with van der Waals surface area (Å²) in [5.74, 6) is 0. The van der Waals surface area contributed by atoms with Crippen LogP contribution in [0.4, 0.5) is 19.2 Å². The number of fused-ring (bicyclic) bond motifs is 8. The third kappa shape index (κ3) is 5.30. The second-order valence-electron chi connectivity index (χ2n) is 7.88. The number of H-pyrrole nitrogens is 2. The van der Waals surface area contributed by atoms with E-state index in [1.807, 2.05) is 48.6 Å². The van der Waals surface area contributed by atoms with Gasteiger partial charge >= 0.3 is 74.5 Å². The van der Waals surface area contributed by atoms with Crippen LogP contribution in [0.1, 0.15) is 22.8 Å². The van der Waals surface area contributed by atoms with Crippen molar-refractivity contribution < 1.29 is 59.6 Å². The molecule has 12 nitrogen and oxygen atoms in total. The maximum atomic E-state index is 10.3. The second kappa shape index (κ2) is 10.1. The van der Waals surface area contributed by atoms with Crippen molar-refractivity contribution in [2.45, 2.75) is 0 Å². The molecule has 2 aliphatic rings. The van der Waals surface area contributed by atoms with Crippen LogP contribution < -0.4 is 0 Å². The van der Waals surface area contributed by atoms with Gasteiger partial charge in [0, 0.05) is 22.1 Å². The van der Waals surface area contributed by atoms with Crippen LogP contribution in [0.3, 0.4) is 0 Å². The molecule has 5 rings (SSSR count). The van der Waals surface area contributed by atoms with Gasteiger partial charge in [-0.15, -0.1) is 0 Å². The molecular formula is C24H18HfN4O8. The summed E-state index contributed by atoms with van der Waals surface area (Å²) in [6.07, 6.45) is 8.09. The van der Waals surface area contributed by atoms with Gasteiger partial charge in [0.15, 0.2) is 0 Å². The first-order chi connectivity index (χ1) is 17.6. The molecule has 0 spiro atoms. The van der Waals surface area contributed by atoms with Gasteiger partial charge in [-0.3, -0.25) is 0 Å². The van der Waals surface area contributed by atoms with E-state index in [1.54, 1.807) is 0 Å². The zero-order valence-corrected chi connectivity index (χ0v) is 22.3. The summed E-state index contributed by atoms with van der Waals surface area (Å²) in [5, 5.41) is 33.2. The second-order valence-corrected chi connectivity index (χ2v) is 19.4. The molecule has 37 heavy (non-hydrogen) atoms. The molecule has 8 bridgehead atoms. The van der Waals surface area contributed by atoms with Crippen LogP contribution in [0.25, 0.3) is 46.4 Å². The molecule has 3 aromatic rings. The maximum absolute atomic E-state index is 10.3. The van der Waals surface area contributed by atoms with Crippen LogP contribution in [0.5, 0.6) is 0 Å². The van der Waals surface area contributed by atoms with Crippen LogP contribution in [0.2, 0.25) is 0 Å². The molecule has 0 aromatic carbocycles. The first-order valence-electron chi connectivity index (χ1n) is 10.6. The van der Waals surface area contributed by atoms with Gasteiger partial charge in [-0.05, 0) is 72.8 Å². The van der Waals surface area contributed by atoms with Crippen molar-refractivity contribution in [2.24, 2.45) is 0 Å². The van der Waals surface area contributed by atoms with E-state index >= 15 is 0 Å². The van der Waals surface area contributed by atoms with E-state index in [1.165, 1.54) is 0 Å². The van der Waals surface area contributed by atoms with E-state index in [0.717, 1.165) is 44.8 Å². The average Bonchev–Trinajstić information content (AvgIpc) is 3.59. The molecule has 3 aromatic heterocycles. The van der Waals surface area contributed by atoms with Crippen molar-refractivity contribution in [3.63, 3.8) is 0 Å². The average molecular weight is 669 g/mol. The fourth-order valence-corrected chi connectivity index (χ4v) is 7.44. The molecule has 0 aliphatic carbocycles. The zero-order chi connectivity index (χ0) is 26.7. The molecule has 6 N–H and O–H groups in total. The van der Waals surface area contributed by atoms with Crippen molar-refractivity contribution in [1.82, 2.24) is 19.9 Å².